The highest BCUT2D eigenvalue weighted by Gasteiger charge is 2.68. The molecule has 296 valence electrons. The molecule has 2 aromatic rings. The Labute approximate surface area is 323 Å². The van der Waals surface area contributed by atoms with Gasteiger partial charge in [-0.3, -0.25) is 14.4 Å². The molecule has 14 heteroatoms. The number of ether oxygens (including phenoxy) is 1. The summed E-state index contributed by atoms with van der Waals surface area (Å²) in [5.74, 6) is 1.00. The molecule has 5 N–H and O–H groups in total. The third kappa shape index (κ3) is 6.82. The second-order valence-electron chi connectivity index (χ2n) is 17.6. The van der Waals surface area contributed by atoms with Gasteiger partial charge in [-0.1, -0.05) is 33.8 Å². The minimum atomic E-state index is -0.686. The Morgan fingerprint density at radius 2 is 1.89 bits per heavy atom. The quantitative estimate of drug-likeness (QED) is 0.243. The number of nitrogen functional groups attached to an aromatic ring is 1. The van der Waals surface area contributed by atoms with Crippen molar-refractivity contribution >= 4 is 52.4 Å². The largest absolute Gasteiger partial charge is 0.461 e. The number of hydrogen-bond donors (Lipinski definition) is 3. The van der Waals surface area contributed by atoms with Crippen molar-refractivity contribution in [2.75, 3.05) is 42.6 Å². The van der Waals surface area contributed by atoms with E-state index in [9.17, 15) is 19.5 Å². The summed E-state index contributed by atoms with van der Waals surface area (Å²) in [5.41, 5.74) is 12.1. The van der Waals surface area contributed by atoms with Crippen LogP contribution < -0.4 is 16.4 Å². The van der Waals surface area contributed by atoms with E-state index in [0.717, 1.165) is 51.5 Å². The van der Waals surface area contributed by atoms with Gasteiger partial charge in [0.15, 0.2) is 17.0 Å². The van der Waals surface area contributed by atoms with E-state index >= 15 is 0 Å². The van der Waals surface area contributed by atoms with Crippen LogP contribution >= 0.6 is 11.8 Å². The van der Waals surface area contributed by atoms with Crippen LogP contribution in [0.4, 0.5) is 11.8 Å². The monoisotopic (exact) mass is 764 g/mol. The molecule has 0 aromatic carbocycles. The van der Waals surface area contributed by atoms with Crippen LogP contribution in [0.15, 0.2) is 19.0 Å². The molecule has 2 aromatic heterocycles. The zero-order chi connectivity index (χ0) is 38.6. The molecule has 7 rings (SSSR count). The van der Waals surface area contributed by atoms with E-state index in [-0.39, 0.29) is 63.8 Å². The number of aromatic nitrogens is 4. The van der Waals surface area contributed by atoms with Crippen molar-refractivity contribution in [3.8, 4) is 0 Å². The van der Waals surface area contributed by atoms with Crippen molar-refractivity contribution in [3.63, 3.8) is 0 Å². The Hall–Kier alpha value is -3.23. The first kappa shape index (κ1) is 39.0. The van der Waals surface area contributed by atoms with Crippen LogP contribution in [0, 0.1) is 34.0 Å². The van der Waals surface area contributed by atoms with Gasteiger partial charge in [-0.2, -0.15) is 9.97 Å². The molecule has 3 aliphatic carbocycles. The van der Waals surface area contributed by atoms with Crippen molar-refractivity contribution in [1.29, 1.82) is 0 Å². The van der Waals surface area contributed by atoms with Gasteiger partial charge in [0.05, 0.1) is 18.2 Å². The molecule has 1 amide bonds. The van der Waals surface area contributed by atoms with Gasteiger partial charge in [0.25, 0.3) is 0 Å². The highest BCUT2D eigenvalue weighted by Crippen LogP contribution is 2.68. The number of carbonyl (C=O) groups excluding carboxylic acids is 3. The average molecular weight is 765 g/mol. The number of piperidine rings is 2. The van der Waals surface area contributed by atoms with Crippen LogP contribution in [0.1, 0.15) is 91.9 Å². The first-order valence-electron chi connectivity index (χ1n) is 20.1. The number of carbonyl (C=O) groups is 3. The Balaban J connectivity index is 0.940. The lowest BCUT2D eigenvalue weighted by atomic mass is 9.44. The predicted molar refractivity (Wildman–Crippen MR) is 210 cm³/mol. The summed E-state index contributed by atoms with van der Waals surface area (Å²) in [5, 5.41) is 12.0. The molecule has 5 fully saturated rings. The van der Waals surface area contributed by atoms with E-state index in [1.807, 2.05) is 22.5 Å². The number of ketones is 1. The van der Waals surface area contributed by atoms with Gasteiger partial charge in [-0.15, -0.1) is 18.3 Å². The molecule has 5 aliphatic rings. The summed E-state index contributed by atoms with van der Waals surface area (Å²) < 4.78 is 8.33. The molecule has 13 nitrogen and oxygen atoms in total. The van der Waals surface area contributed by atoms with E-state index in [4.69, 9.17) is 16.2 Å². The van der Waals surface area contributed by atoms with Crippen molar-refractivity contribution in [1.82, 2.24) is 24.4 Å². The van der Waals surface area contributed by atoms with Gasteiger partial charge >= 0.3 is 5.97 Å². The van der Waals surface area contributed by atoms with Crippen LogP contribution in [0.25, 0.3) is 11.2 Å². The number of likely N-dealkylation sites (tertiary alicyclic amines) is 1. The molecule has 4 heterocycles. The highest BCUT2D eigenvalue weighted by molar-refractivity contribution is 8.00. The lowest BCUT2D eigenvalue weighted by Crippen LogP contribution is -2.63. The molecule has 3 saturated carbocycles. The Morgan fingerprint density at radius 3 is 2.61 bits per heavy atom. The zero-order valence-electron chi connectivity index (χ0n) is 32.5. The topological polar surface area (TPSA) is 183 Å². The van der Waals surface area contributed by atoms with Gasteiger partial charge in [0.2, 0.25) is 11.9 Å². The fourth-order valence-electron chi connectivity index (χ4n) is 11.1. The number of aliphatic hydroxyl groups is 1. The summed E-state index contributed by atoms with van der Waals surface area (Å²) in [7, 11) is 0. The number of amides is 1. The number of rotatable bonds is 9. The number of imidazole rings is 1. The normalized spacial score (nSPS) is 36.1. The molecular formula is C40H60N8O5S. The van der Waals surface area contributed by atoms with Crippen molar-refractivity contribution < 1.29 is 24.2 Å². The van der Waals surface area contributed by atoms with Crippen molar-refractivity contribution in [2.45, 2.75) is 122 Å². The number of hydrogen-bond acceptors (Lipinski definition) is 12. The van der Waals surface area contributed by atoms with Crippen molar-refractivity contribution in [3.05, 3.63) is 19.0 Å². The van der Waals surface area contributed by atoms with Gasteiger partial charge in [0.1, 0.15) is 11.9 Å². The molecular weight excluding hydrogens is 705 g/mol. The summed E-state index contributed by atoms with van der Waals surface area (Å²) in [6, 6.07) is 0.0749. The lowest BCUT2D eigenvalue weighted by Gasteiger charge is -2.61. The maximum Gasteiger partial charge on any atom is 0.316 e. The standard InChI is InChI=1S/C40H60N8O5S/c1-6-38(4)20-29(39(5)24(2)9-14-40(25(3)34(38)52)15-10-28(49)33(39)40)53-31(51)22-54-27-11-17-46(18-12-27)30(50)13-19-48-23-43-32-35(44-37(42)45-36(32)48)47-16-7-8-26(41)21-47/h6,23-27,29,33-34,52H,1,7-22,41H2,2-5H3,(H2,42,44,45)/t24-,25+,26?,29-,33-,34+,38-,39+,40+/m1/s1. The van der Waals surface area contributed by atoms with Crippen LogP contribution in [0.5, 0.6) is 0 Å². The number of thioether (sulfide) groups is 1. The van der Waals surface area contributed by atoms with E-state index < -0.39 is 23.0 Å². The zero-order valence-corrected chi connectivity index (χ0v) is 33.4. The molecule has 9 atom stereocenters. The number of aliphatic hydroxyl groups excluding tert-OH is 1. The molecule has 0 spiro atoms. The summed E-state index contributed by atoms with van der Waals surface area (Å²) >= 11 is 1.59. The Kier molecular flexibility index (Phi) is 10.9. The van der Waals surface area contributed by atoms with E-state index in [0.29, 0.717) is 62.4 Å². The van der Waals surface area contributed by atoms with Crippen LogP contribution in [0.2, 0.25) is 0 Å². The number of nitrogens with zero attached hydrogens (tertiary/aromatic N) is 6. The van der Waals surface area contributed by atoms with Crippen LogP contribution in [-0.2, 0) is 25.7 Å². The van der Waals surface area contributed by atoms with Crippen LogP contribution in [0.3, 0.4) is 0 Å². The highest BCUT2D eigenvalue weighted by atomic mass is 32.2. The first-order valence-corrected chi connectivity index (χ1v) is 21.2. The van der Waals surface area contributed by atoms with E-state index in [1.54, 1.807) is 18.1 Å². The number of fused-ring (bicyclic) bond motifs is 1. The van der Waals surface area contributed by atoms with Gasteiger partial charge < -0.3 is 35.7 Å². The summed E-state index contributed by atoms with van der Waals surface area (Å²) in [4.78, 5) is 58.3. The number of aryl methyl sites for hydroxylation is 1. The SMILES string of the molecule is C=C[C@]1(C)C[C@@H](OC(=O)CSC2CCN(C(=O)CCn3cnc4c(N5CCCC(N)C5)nc(N)nc43)CC2)[C@]2(C)[C@H](C)CC[C@]3(CCC(=O)[C@@H]32)[C@@H](C)[C@@H]1O. The van der Waals surface area contributed by atoms with E-state index in [2.05, 4.69) is 47.2 Å². The van der Waals surface area contributed by atoms with Crippen LogP contribution in [-0.4, -0.2) is 103 Å². The second-order valence-corrected chi connectivity index (χ2v) is 18.9. The number of anilines is 2. The second kappa shape index (κ2) is 15.0. The minimum absolute atomic E-state index is 0.0636. The molecule has 0 radical (unpaired) electrons. The van der Waals surface area contributed by atoms with Gasteiger partial charge in [0, 0.05) is 73.6 Å². The van der Waals surface area contributed by atoms with Crippen molar-refractivity contribution in [2.24, 2.45) is 39.7 Å². The molecule has 1 unspecified atom stereocenters. The maximum absolute atomic E-state index is 13.7. The van der Waals surface area contributed by atoms with Gasteiger partial charge in [-0.05, 0) is 68.6 Å². The molecule has 2 bridgehead atoms. The summed E-state index contributed by atoms with van der Waals surface area (Å²) in [6.07, 6.45) is 9.77. The maximum atomic E-state index is 13.7. The molecule has 54 heavy (non-hydrogen) atoms. The van der Waals surface area contributed by atoms with Gasteiger partial charge in [-0.25, -0.2) is 4.98 Å². The van der Waals surface area contributed by atoms with E-state index in [1.165, 1.54) is 0 Å². The number of nitrogens with two attached hydrogens (primary N) is 2. The Morgan fingerprint density at radius 1 is 1.13 bits per heavy atom. The average Bonchev–Trinajstić information content (AvgIpc) is 3.74. The first-order chi connectivity index (χ1) is 25.7. The molecule has 2 aliphatic heterocycles. The fourth-order valence-corrected chi connectivity index (χ4v) is 12.0. The lowest BCUT2D eigenvalue weighted by molar-refractivity contribution is -0.205. The number of Topliss-reactive ketones (excluding diaryl/α,β-unsaturated/α-hetero) is 1. The number of esters is 1. The molecule has 2 saturated heterocycles. The third-order valence-electron chi connectivity index (χ3n) is 14.6. The predicted octanol–water partition coefficient (Wildman–Crippen LogP) is 4.36. The Bertz CT molecular complexity index is 1760. The minimum Gasteiger partial charge on any atom is -0.461 e. The fraction of sp³-hybridized carbons (Fsp3) is 0.750. The smallest absolute Gasteiger partial charge is 0.316 e. The summed E-state index contributed by atoms with van der Waals surface area (Å²) in [6.45, 7) is 15.8. The third-order valence-corrected chi connectivity index (χ3v) is 15.9.